The largest absolute Gasteiger partial charge is 0.325 e. The molecule has 1 heterocycles. The Bertz CT molecular complexity index is 528. The predicted molar refractivity (Wildman–Crippen MR) is 72.0 cm³/mol. The second kappa shape index (κ2) is 5.85. The van der Waals surface area contributed by atoms with E-state index >= 15 is 0 Å². The number of benzene rings is 1. The summed E-state index contributed by atoms with van der Waals surface area (Å²) in [5.74, 6) is -0.351. The fourth-order valence-electron chi connectivity index (χ4n) is 2.15. The topological polar surface area (TPSA) is 75.5 Å². The second-order valence-electron chi connectivity index (χ2n) is 5.02. The fourth-order valence-corrected chi connectivity index (χ4v) is 2.15. The van der Waals surface area contributed by atoms with Crippen LogP contribution >= 0.6 is 0 Å². The Balaban J connectivity index is 2.01. The molecule has 1 aromatic carbocycles. The number of nitrogens with zero attached hydrogens (tertiary/aromatic N) is 2. The number of amides is 2. The lowest BCUT2D eigenvalue weighted by molar-refractivity contribution is -0.387. The number of carbonyl (C=O) groups is 1. The molecule has 1 aliphatic rings. The molecule has 108 valence electrons. The van der Waals surface area contributed by atoms with Crippen molar-refractivity contribution in [3.8, 4) is 0 Å². The van der Waals surface area contributed by atoms with Gasteiger partial charge < -0.3 is 10.2 Å². The van der Waals surface area contributed by atoms with Crippen molar-refractivity contribution in [3.05, 3.63) is 34.1 Å². The summed E-state index contributed by atoms with van der Waals surface area (Å²) in [6.07, 6.45) is 1.89. The number of nitro groups is 1. The molecule has 0 saturated carbocycles. The van der Waals surface area contributed by atoms with Crippen LogP contribution in [0.2, 0.25) is 0 Å². The molecule has 0 spiro atoms. The molecule has 0 bridgehead atoms. The quantitative estimate of drug-likeness (QED) is 0.668. The number of halogens is 1. The molecule has 1 N–H and O–H groups in total. The molecule has 0 aromatic heterocycles. The van der Waals surface area contributed by atoms with Gasteiger partial charge in [-0.3, -0.25) is 10.1 Å². The minimum absolute atomic E-state index is 0.219. The zero-order valence-corrected chi connectivity index (χ0v) is 11.1. The zero-order chi connectivity index (χ0) is 14.7. The van der Waals surface area contributed by atoms with Gasteiger partial charge in [0, 0.05) is 30.9 Å². The third kappa shape index (κ3) is 3.23. The van der Waals surface area contributed by atoms with Crippen molar-refractivity contribution in [1.29, 1.82) is 0 Å². The van der Waals surface area contributed by atoms with Crippen LogP contribution in [0.5, 0.6) is 0 Å². The van der Waals surface area contributed by atoms with Crippen LogP contribution in [-0.2, 0) is 0 Å². The minimum Gasteiger partial charge on any atom is -0.325 e. The number of hydrogen-bond donors (Lipinski definition) is 1. The van der Waals surface area contributed by atoms with Gasteiger partial charge in [0.1, 0.15) is 0 Å². The van der Waals surface area contributed by atoms with E-state index in [1.165, 1.54) is 6.07 Å². The van der Waals surface area contributed by atoms with E-state index in [0.29, 0.717) is 19.0 Å². The van der Waals surface area contributed by atoms with E-state index in [2.05, 4.69) is 12.2 Å². The van der Waals surface area contributed by atoms with Crippen molar-refractivity contribution in [2.24, 2.45) is 5.92 Å². The van der Waals surface area contributed by atoms with Crippen LogP contribution < -0.4 is 5.32 Å². The SMILES string of the molecule is CC1CCN(C(=O)Nc2ccc([N+](=O)[O-])c(F)c2)CC1. The molecule has 2 amide bonds. The van der Waals surface area contributed by atoms with Gasteiger partial charge in [-0.05, 0) is 24.8 Å². The number of nitro benzene ring substituents is 1. The molecule has 6 nitrogen and oxygen atoms in total. The van der Waals surface area contributed by atoms with Crippen molar-refractivity contribution in [3.63, 3.8) is 0 Å². The van der Waals surface area contributed by atoms with Gasteiger partial charge in [0.05, 0.1) is 4.92 Å². The Morgan fingerprint density at radius 1 is 1.45 bits per heavy atom. The maximum atomic E-state index is 13.4. The van der Waals surface area contributed by atoms with Crippen molar-refractivity contribution < 1.29 is 14.1 Å². The average molecular weight is 281 g/mol. The van der Waals surface area contributed by atoms with E-state index in [-0.39, 0.29) is 11.7 Å². The number of piperidine rings is 1. The summed E-state index contributed by atoms with van der Waals surface area (Å²) in [5, 5.41) is 13.1. The summed E-state index contributed by atoms with van der Waals surface area (Å²) in [5.41, 5.74) is -0.383. The highest BCUT2D eigenvalue weighted by Gasteiger charge is 2.21. The zero-order valence-electron chi connectivity index (χ0n) is 11.1. The summed E-state index contributed by atoms with van der Waals surface area (Å²) in [4.78, 5) is 23.3. The normalized spacial score (nSPS) is 16.0. The monoisotopic (exact) mass is 281 g/mol. The third-order valence-electron chi connectivity index (χ3n) is 3.47. The van der Waals surface area contributed by atoms with Gasteiger partial charge in [0.25, 0.3) is 0 Å². The van der Waals surface area contributed by atoms with Gasteiger partial charge in [-0.15, -0.1) is 0 Å². The van der Waals surface area contributed by atoms with E-state index in [1.807, 2.05) is 0 Å². The molecule has 20 heavy (non-hydrogen) atoms. The lowest BCUT2D eigenvalue weighted by Crippen LogP contribution is -2.40. The van der Waals surface area contributed by atoms with Crippen molar-refractivity contribution in [2.75, 3.05) is 18.4 Å². The summed E-state index contributed by atoms with van der Waals surface area (Å²) in [7, 11) is 0. The number of hydrogen-bond acceptors (Lipinski definition) is 3. The first-order chi connectivity index (χ1) is 9.47. The highest BCUT2D eigenvalue weighted by atomic mass is 19.1. The molecule has 2 rings (SSSR count). The molecule has 1 fully saturated rings. The highest BCUT2D eigenvalue weighted by molar-refractivity contribution is 5.89. The molecule has 1 aliphatic heterocycles. The molecule has 0 aliphatic carbocycles. The Morgan fingerprint density at radius 3 is 2.65 bits per heavy atom. The Morgan fingerprint density at radius 2 is 2.10 bits per heavy atom. The summed E-state index contributed by atoms with van der Waals surface area (Å²) >= 11 is 0. The number of urea groups is 1. The van der Waals surface area contributed by atoms with E-state index in [0.717, 1.165) is 25.0 Å². The van der Waals surface area contributed by atoms with E-state index in [4.69, 9.17) is 0 Å². The highest BCUT2D eigenvalue weighted by Crippen LogP contribution is 2.22. The van der Waals surface area contributed by atoms with Gasteiger partial charge >= 0.3 is 11.7 Å². The first-order valence-electron chi connectivity index (χ1n) is 6.47. The Kier molecular flexibility index (Phi) is 4.16. The molecule has 0 radical (unpaired) electrons. The smallest absolute Gasteiger partial charge is 0.321 e. The molecule has 0 atom stereocenters. The third-order valence-corrected chi connectivity index (χ3v) is 3.47. The predicted octanol–water partition coefficient (Wildman–Crippen LogP) is 3.00. The minimum atomic E-state index is -0.958. The lowest BCUT2D eigenvalue weighted by atomic mass is 10.00. The second-order valence-corrected chi connectivity index (χ2v) is 5.02. The number of carbonyl (C=O) groups excluding carboxylic acids is 1. The van der Waals surface area contributed by atoms with Crippen LogP contribution in [-0.4, -0.2) is 28.9 Å². The van der Waals surface area contributed by atoms with Gasteiger partial charge in [0.15, 0.2) is 0 Å². The molecule has 0 unspecified atom stereocenters. The van der Waals surface area contributed by atoms with Crippen molar-refractivity contribution >= 4 is 17.4 Å². The van der Waals surface area contributed by atoms with E-state index < -0.39 is 16.4 Å². The lowest BCUT2D eigenvalue weighted by Gasteiger charge is -2.30. The average Bonchev–Trinajstić information content (AvgIpc) is 2.39. The molecule has 7 heteroatoms. The number of nitrogens with one attached hydrogen (secondary N) is 1. The Hall–Kier alpha value is -2.18. The molecular weight excluding hydrogens is 265 g/mol. The number of rotatable bonds is 2. The maximum Gasteiger partial charge on any atom is 0.321 e. The molecule has 1 saturated heterocycles. The van der Waals surface area contributed by atoms with Crippen LogP contribution in [0.25, 0.3) is 0 Å². The van der Waals surface area contributed by atoms with Crippen molar-refractivity contribution in [1.82, 2.24) is 4.90 Å². The first kappa shape index (κ1) is 14.2. The van der Waals surface area contributed by atoms with Gasteiger partial charge in [-0.2, -0.15) is 4.39 Å². The number of anilines is 1. The van der Waals surface area contributed by atoms with Crippen LogP contribution in [0.1, 0.15) is 19.8 Å². The maximum absolute atomic E-state index is 13.4. The van der Waals surface area contributed by atoms with E-state index in [9.17, 15) is 19.3 Å². The fraction of sp³-hybridized carbons (Fsp3) is 0.462. The number of likely N-dealkylation sites (tertiary alicyclic amines) is 1. The van der Waals surface area contributed by atoms with Gasteiger partial charge in [-0.25, -0.2) is 4.79 Å². The molecular formula is C13H16FN3O3. The summed E-state index contributed by atoms with van der Waals surface area (Å²) in [6.45, 7) is 3.48. The van der Waals surface area contributed by atoms with E-state index in [1.54, 1.807) is 4.90 Å². The Labute approximate surface area is 115 Å². The first-order valence-corrected chi connectivity index (χ1v) is 6.47. The summed E-state index contributed by atoms with van der Waals surface area (Å²) < 4.78 is 13.4. The van der Waals surface area contributed by atoms with Crippen LogP contribution in [0.4, 0.5) is 20.6 Å². The molecule has 1 aromatic rings. The van der Waals surface area contributed by atoms with Crippen LogP contribution in [0.3, 0.4) is 0 Å². The van der Waals surface area contributed by atoms with Gasteiger partial charge in [-0.1, -0.05) is 6.92 Å². The van der Waals surface area contributed by atoms with Crippen molar-refractivity contribution in [2.45, 2.75) is 19.8 Å². The van der Waals surface area contributed by atoms with Crippen LogP contribution in [0.15, 0.2) is 18.2 Å². The summed E-state index contributed by atoms with van der Waals surface area (Å²) in [6, 6.07) is 3.03. The van der Waals surface area contributed by atoms with Gasteiger partial charge in [0.2, 0.25) is 5.82 Å². The van der Waals surface area contributed by atoms with Crippen LogP contribution in [0, 0.1) is 21.8 Å². The standard InChI is InChI=1S/C13H16FN3O3/c1-9-4-6-16(7-5-9)13(18)15-10-2-3-12(17(19)20)11(14)8-10/h2-3,8-9H,4-7H2,1H3,(H,15,18).